The fourth-order valence-corrected chi connectivity index (χ4v) is 4.16. The average molecular weight is 427 g/mol. The summed E-state index contributed by atoms with van der Waals surface area (Å²) in [5.74, 6) is 0. The van der Waals surface area contributed by atoms with Gasteiger partial charge in [0.05, 0.1) is 5.52 Å². The number of hydrogen-bond acceptors (Lipinski definition) is 2. The number of benzene rings is 2. The fourth-order valence-electron chi connectivity index (χ4n) is 4.16. The molecule has 0 spiro atoms. The topological polar surface area (TPSA) is 16.1 Å². The van der Waals surface area contributed by atoms with Crippen LogP contribution in [0.1, 0.15) is 61.2 Å². The summed E-state index contributed by atoms with van der Waals surface area (Å²) in [6, 6.07) is 16.1. The van der Waals surface area contributed by atoms with Gasteiger partial charge in [0.25, 0.3) is 0 Å². The number of aromatic nitrogens is 1. The van der Waals surface area contributed by atoms with Crippen LogP contribution in [0.4, 0.5) is 0 Å². The van der Waals surface area contributed by atoms with Crippen LogP contribution in [-0.4, -0.2) is 15.9 Å². The van der Waals surface area contributed by atoms with Crippen molar-refractivity contribution in [2.75, 3.05) is 0 Å². The molecule has 1 atom stereocenters. The van der Waals surface area contributed by atoms with Gasteiger partial charge < -0.3 is 0 Å². The number of nitrogens with zero attached hydrogens (tertiary/aromatic N) is 2. The van der Waals surface area contributed by atoms with Gasteiger partial charge in [0.2, 0.25) is 0 Å². The van der Waals surface area contributed by atoms with Gasteiger partial charge in [-0.05, 0) is 76.3 Å². The lowest BCUT2D eigenvalue weighted by molar-refractivity contribution is 0.214. The first-order chi connectivity index (χ1) is 15.3. The van der Waals surface area contributed by atoms with Crippen LogP contribution in [0.25, 0.3) is 10.9 Å². The Morgan fingerprint density at radius 1 is 1.03 bits per heavy atom. The molecule has 0 radical (unpaired) electrons. The van der Waals surface area contributed by atoms with Crippen molar-refractivity contribution in [3.8, 4) is 0 Å². The smallest absolute Gasteiger partial charge is 0.0737 e. The molecule has 0 saturated carbocycles. The molecule has 168 valence electrons. The van der Waals surface area contributed by atoms with Crippen LogP contribution in [0.3, 0.4) is 0 Å². The van der Waals surface area contributed by atoms with Gasteiger partial charge in [-0.25, -0.2) is 0 Å². The third kappa shape index (κ3) is 5.55. The van der Waals surface area contributed by atoms with Crippen molar-refractivity contribution in [1.82, 2.24) is 9.88 Å². The lowest BCUT2D eigenvalue weighted by Crippen LogP contribution is -2.33. The van der Waals surface area contributed by atoms with Crippen molar-refractivity contribution in [3.63, 3.8) is 0 Å². The highest BCUT2D eigenvalue weighted by molar-refractivity contribution is 5.83. The molecule has 1 unspecified atom stereocenters. The zero-order valence-corrected chi connectivity index (χ0v) is 20.9. The van der Waals surface area contributed by atoms with Crippen LogP contribution < -0.4 is 0 Å². The number of pyridine rings is 1. The third-order valence-corrected chi connectivity index (χ3v) is 6.65. The molecule has 0 aliphatic carbocycles. The molecule has 0 N–H and O–H groups in total. The van der Waals surface area contributed by atoms with E-state index in [2.05, 4.69) is 114 Å². The highest BCUT2D eigenvalue weighted by Gasteiger charge is 2.19. The van der Waals surface area contributed by atoms with Gasteiger partial charge in [-0.1, -0.05) is 72.7 Å². The molecule has 2 nitrogen and oxygen atoms in total. The van der Waals surface area contributed by atoms with Crippen LogP contribution in [0.15, 0.2) is 66.3 Å². The van der Waals surface area contributed by atoms with E-state index >= 15 is 0 Å². The standard InChI is InChI=1S/C30H38N2/c1-8-10-11-23(5)25(7)32(19-26-15-12-21(3)13-16-26)20-28-18-27-17-14-22(4)24(6)30(27)31-29(28)9-2/h8,10-18,25H,9,19-20H2,1-7H3. The molecule has 3 aromatic rings. The van der Waals surface area contributed by atoms with Crippen molar-refractivity contribution < 1.29 is 0 Å². The summed E-state index contributed by atoms with van der Waals surface area (Å²) in [5, 5.41) is 1.24. The van der Waals surface area contributed by atoms with E-state index < -0.39 is 0 Å². The zero-order valence-electron chi connectivity index (χ0n) is 20.9. The summed E-state index contributed by atoms with van der Waals surface area (Å²) in [5.41, 5.74) is 10.3. The zero-order chi connectivity index (χ0) is 23.3. The Morgan fingerprint density at radius 3 is 2.41 bits per heavy atom. The highest BCUT2D eigenvalue weighted by atomic mass is 15.1. The second kappa shape index (κ2) is 10.7. The van der Waals surface area contributed by atoms with E-state index in [0.29, 0.717) is 6.04 Å². The largest absolute Gasteiger partial charge is 0.288 e. The van der Waals surface area contributed by atoms with E-state index in [9.17, 15) is 0 Å². The number of aryl methyl sites for hydroxylation is 4. The van der Waals surface area contributed by atoms with E-state index in [0.717, 1.165) is 25.0 Å². The van der Waals surface area contributed by atoms with E-state index in [-0.39, 0.29) is 0 Å². The van der Waals surface area contributed by atoms with Gasteiger partial charge in [0, 0.05) is 30.2 Å². The fraction of sp³-hybridized carbons (Fsp3) is 0.367. The van der Waals surface area contributed by atoms with Gasteiger partial charge >= 0.3 is 0 Å². The first-order valence-electron chi connectivity index (χ1n) is 11.8. The molecule has 1 heterocycles. The number of fused-ring (bicyclic) bond motifs is 1. The minimum absolute atomic E-state index is 0.327. The van der Waals surface area contributed by atoms with E-state index in [1.165, 1.54) is 44.5 Å². The summed E-state index contributed by atoms with van der Waals surface area (Å²) in [7, 11) is 0. The van der Waals surface area contributed by atoms with Gasteiger partial charge in [-0.2, -0.15) is 0 Å². The summed E-state index contributed by atoms with van der Waals surface area (Å²) in [6.45, 7) is 17.1. The van der Waals surface area contributed by atoms with Gasteiger partial charge in [0.15, 0.2) is 0 Å². The van der Waals surface area contributed by atoms with E-state index in [4.69, 9.17) is 4.98 Å². The Hall–Kier alpha value is -2.71. The number of rotatable bonds is 8. The molecule has 0 amide bonds. The van der Waals surface area contributed by atoms with Crippen LogP contribution in [0, 0.1) is 20.8 Å². The molecule has 1 aromatic heterocycles. The third-order valence-electron chi connectivity index (χ3n) is 6.65. The molecule has 2 aromatic carbocycles. The average Bonchev–Trinajstić information content (AvgIpc) is 2.80. The maximum atomic E-state index is 5.13. The summed E-state index contributed by atoms with van der Waals surface area (Å²) < 4.78 is 0. The predicted octanol–water partition coefficient (Wildman–Crippen LogP) is 7.64. The molecule has 32 heavy (non-hydrogen) atoms. The lowest BCUT2D eigenvalue weighted by atomic mass is 10.00. The Labute approximate surface area is 194 Å². The van der Waals surface area contributed by atoms with Crippen LogP contribution in [0.5, 0.6) is 0 Å². The van der Waals surface area contributed by atoms with Crippen LogP contribution in [-0.2, 0) is 19.5 Å². The minimum Gasteiger partial charge on any atom is -0.288 e. The maximum Gasteiger partial charge on any atom is 0.0737 e. The van der Waals surface area contributed by atoms with Crippen molar-refractivity contribution in [1.29, 1.82) is 0 Å². The van der Waals surface area contributed by atoms with Crippen LogP contribution >= 0.6 is 0 Å². The van der Waals surface area contributed by atoms with Gasteiger partial charge in [0.1, 0.15) is 0 Å². The Kier molecular flexibility index (Phi) is 8.04. The first kappa shape index (κ1) is 23.9. The van der Waals surface area contributed by atoms with Crippen LogP contribution in [0.2, 0.25) is 0 Å². The SMILES string of the molecule is CC=CC=C(C)C(C)N(Cc1ccc(C)cc1)Cc1cc2ccc(C)c(C)c2nc1CC. The second-order valence-corrected chi connectivity index (χ2v) is 9.03. The van der Waals surface area contributed by atoms with Gasteiger partial charge in [-0.3, -0.25) is 9.88 Å². The van der Waals surface area contributed by atoms with E-state index in [1.807, 2.05) is 0 Å². The molecule has 0 fully saturated rings. The summed E-state index contributed by atoms with van der Waals surface area (Å²) in [6.07, 6.45) is 7.40. The number of hydrogen-bond donors (Lipinski definition) is 0. The normalized spacial score (nSPS) is 13.4. The maximum absolute atomic E-state index is 5.13. The quantitative estimate of drug-likeness (QED) is 0.344. The summed E-state index contributed by atoms with van der Waals surface area (Å²) >= 11 is 0. The van der Waals surface area contributed by atoms with Gasteiger partial charge in [-0.15, -0.1) is 0 Å². The molecule has 2 heteroatoms. The molecule has 0 bridgehead atoms. The van der Waals surface area contributed by atoms with Crippen molar-refractivity contribution >= 4 is 10.9 Å². The monoisotopic (exact) mass is 426 g/mol. The highest BCUT2D eigenvalue weighted by Crippen LogP contribution is 2.26. The summed E-state index contributed by atoms with van der Waals surface area (Å²) in [4.78, 5) is 7.70. The molecule has 0 saturated heterocycles. The molecule has 3 rings (SSSR count). The molecule has 0 aliphatic rings. The van der Waals surface area contributed by atoms with Crippen molar-refractivity contribution in [3.05, 3.63) is 99.8 Å². The molecule has 0 aliphatic heterocycles. The Bertz CT molecular complexity index is 1120. The second-order valence-electron chi connectivity index (χ2n) is 9.03. The molecular weight excluding hydrogens is 388 g/mol. The predicted molar refractivity (Wildman–Crippen MR) is 139 cm³/mol. The Morgan fingerprint density at radius 2 is 1.75 bits per heavy atom. The lowest BCUT2D eigenvalue weighted by Gasteiger charge is -2.31. The van der Waals surface area contributed by atoms with Crippen molar-refractivity contribution in [2.45, 2.75) is 74.0 Å². The first-order valence-corrected chi connectivity index (χ1v) is 11.8. The van der Waals surface area contributed by atoms with Crippen molar-refractivity contribution in [2.24, 2.45) is 0 Å². The Balaban J connectivity index is 2.01. The molecular formula is C30H38N2. The number of allylic oxidation sites excluding steroid dienone is 3. The van der Waals surface area contributed by atoms with E-state index in [1.54, 1.807) is 0 Å². The minimum atomic E-state index is 0.327.